The highest BCUT2D eigenvalue weighted by molar-refractivity contribution is 7.77. The van der Waals surface area contributed by atoms with Gasteiger partial charge in [-0.15, -0.1) is 0 Å². The van der Waals surface area contributed by atoms with Crippen LogP contribution in [0.15, 0.2) is 0 Å². The smallest absolute Gasteiger partial charge is 0.00975 e. The summed E-state index contributed by atoms with van der Waals surface area (Å²) >= 11 is 4.99. The minimum absolute atomic E-state index is 0.999. The standard InChI is InChI=1S/C7H16NS/c1-3-5-6-7-8(9)4-2/h3-7H2,1-2H3. The van der Waals surface area contributed by atoms with Crippen molar-refractivity contribution in [2.75, 3.05) is 13.1 Å². The van der Waals surface area contributed by atoms with E-state index >= 15 is 0 Å². The lowest BCUT2D eigenvalue weighted by Gasteiger charge is -2.09. The van der Waals surface area contributed by atoms with E-state index in [1.54, 1.807) is 0 Å². The zero-order chi connectivity index (χ0) is 7.11. The lowest BCUT2D eigenvalue weighted by molar-refractivity contribution is 0.476. The molecule has 1 radical (unpaired) electrons. The van der Waals surface area contributed by atoms with E-state index in [0.29, 0.717) is 0 Å². The van der Waals surface area contributed by atoms with E-state index < -0.39 is 0 Å². The summed E-state index contributed by atoms with van der Waals surface area (Å²) in [4.78, 5) is 0. The van der Waals surface area contributed by atoms with Gasteiger partial charge in [0.25, 0.3) is 0 Å². The molecule has 0 aromatic carbocycles. The fourth-order valence-corrected chi connectivity index (χ4v) is 0.825. The summed E-state index contributed by atoms with van der Waals surface area (Å²) in [6.45, 7) is 6.39. The molecule has 0 fully saturated rings. The number of rotatable bonds is 5. The third kappa shape index (κ3) is 6.19. The minimum atomic E-state index is 0.999. The number of hydrogen-bond donors (Lipinski definition) is 0. The lowest BCUT2D eigenvalue weighted by atomic mass is 10.2. The Labute approximate surface area is 64.0 Å². The van der Waals surface area contributed by atoms with Crippen molar-refractivity contribution in [1.29, 1.82) is 0 Å². The number of nitrogens with zero attached hydrogens (tertiary/aromatic N) is 1. The number of unbranched alkanes of at least 4 members (excludes halogenated alkanes) is 2. The van der Waals surface area contributed by atoms with Gasteiger partial charge in [-0.25, -0.2) is 4.31 Å². The average Bonchev–Trinajstić information content (AvgIpc) is 1.89. The van der Waals surface area contributed by atoms with E-state index in [-0.39, 0.29) is 0 Å². The largest absolute Gasteiger partial charge is 0.240 e. The van der Waals surface area contributed by atoms with Crippen molar-refractivity contribution in [3.05, 3.63) is 0 Å². The third-order valence-corrected chi connectivity index (χ3v) is 1.80. The fraction of sp³-hybridized carbons (Fsp3) is 1.00. The molecule has 0 atom stereocenters. The molecule has 0 aliphatic heterocycles. The molecule has 2 heteroatoms. The first-order valence-electron chi connectivity index (χ1n) is 3.73. The molecule has 0 aromatic heterocycles. The molecule has 0 saturated heterocycles. The van der Waals surface area contributed by atoms with E-state index in [1.165, 1.54) is 19.3 Å². The molecule has 0 aliphatic rings. The van der Waals surface area contributed by atoms with Crippen LogP contribution in [-0.2, 0) is 0 Å². The van der Waals surface area contributed by atoms with Crippen LogP contribution in [0, 0.1) is 0 Å². The van der Waals surface area contributed by atoms with Gasteiger partial charge in [-0.2, -0.15) is 0 Å². The van der Waals surface area contributed by atoms with Crippen molar-refractivity contribution in [1.82, 2.24) is 4.31 Å². The topological polar surface area (TPSA) is 3.24 Å². The van der Waals surface area contributed by atoms with Crippen molar-refractivity contribution in [2.45, 2.75) is 33.1 Å². The maximum atomic E-state index is 4.99. The van der Waals surface area contributed by atoms with Gasteiger partial charge < -0.3 is 0 Å². The summed E-state index contributed by atoms with van der Waals surface area (Å²) < 4.78 is 1.94. The maximum absolute atomic E-state index is 4.99. The summed E-state index contributed by atoms with van der Waals surface area (Å²) in [6.07, 6.45) is 3.86. The van der Waals surface area contributed by atoms with Crippen LogP contribution < -0.4 is 0 Å². The molecular formula is C7H16NS. The van der Waals surface area contributed by atoms with Crippen molar-refractivity contribution in [3.8, 4) is 0 Å². The quantitative estimate of drug-likeness (QED) is 0.539. The molecule has 55 valence electrons. The van der Waals surface area contributed by atoms with Crippen LogP contribution in [-0.4, -0.2) is 17.4 Å². The van der Waals surface area contributed by atoms with E-state index in [2.05, 4.69) is 13.8 Å². The molecule has 0 aromatic rings. The molecule has 0 aliphatic carbocycles. The molecule has 0 spiro atoms. The number of hydrogen-bond acceptors (Lipinski definition) is 1. The van der Waals surface area contributed by atoms with Gasteiger partial charge in [-0.1, -0.05) is 26.7 Å². The summed E-state index contributed by atoms with van der Waals surface area (Å²) in [5, 5.41) is 0. The molecule has 0 N–H and O–H groups in total. The summed E-state index contributed by atoms with van der Waals surface area (Å²) in [5.41, 5.74) is 0. The zero-order valence-electron chi connectivity index (χ0n) is 6.39. The Morgan fingerprint density at radius 1 is 1.22 bits per heavy atom. The highest BCUT2D eigenvalue weighted by atomic mass is 32.1. The van der Waals surface area contributed by atoms with Gasteiger partial charge in [0.15, 0.2) is 0 Å². The van der Waals surface area contributed by atoms with E-state index in [0.717, 1.165) is 13.1 Å². The molecule has 0 rings (SSSR count). The van der Waals surface area contributed by atoms with Crippen molar-refractivity contribution in [2.24, 2.45) is 0 Å². The molecule has 0 heterocycles. The zero-order valence-corrected chi connectivity index (χ0v) is 7.21. The molecular weight excluding hydrogens is 130 g/mol. The first-order chi connectivity index (χ1) is 4.31. The van der Waals surface area contributed by atoms with Gasteiger partial charge in [0.1, 0.15) is 0 Å². The van der Waals surface area contributed by atoms with Gasteiger partial charge in [-0.05, 0) is 6.42 Å². The van der Waals surface area contributed by atoms with Crippen LogP contribution in [0.3, 0.4) is 0 Å². The van der Waals surface area contributed by atoms with Gasteiger partial charge in [0, 0.05) is 25.9 Å². The maximum Gasteiger partial charge on any atom is 0.00975 e. The Morgan fingerprint density at radius 3 is 2.33 bits per heavy atom. The Hall–Kier alpha value is 0.310. The average molecular weight is 146 g/mol. The lowest BCUT2D eigenvalue weighted by Crippen LogP contribution is -2.12. The third-order valence-electron chi connectivity index (χ3n) is 1.36. The Morgan fingerprint density at radius 2 is 1.89 bits per heavy atom. The Bertz CT molecular complexity index is 56.9. The molecule has 0 saturated carbocycles. The predicted molar refractivity (Wildman–Crippen MR) is 44.4 cm³/mol. The van der Waals surface area contributed by atoms with Gasteiger partial charge in [0.2, 0.25) is 0 Å². The highest BCUT2D eigenvalue weighted by Gasteiger charge is 1.93. The van der Waals surface area contributed by atoms with Crippen LogP contribution >= 0.6 is 12.8 Å². The molecule has 0 bridgehead atoms. The normalized spacial score (nSPS) is 10.7. The van der Waals surface area contributed by atoms with Gasteiger partial charge in [-0.3, -0.25) is 0 Å². The first-order valence-corrected chi connectivity index (χ1v) is 4.09. The van der Waals surface area contributed by atoms with Crippen LogP contribution in [0.4, 0.5) is 0 Å². The van der Waals surface area contributed by atoms with E-state index in [1.807, 2.05) is 4.31 Å². The second-order valence-corrected chi connectivity index (χ2v) is 2.75. The van der Waals surface area contributed by atoms with Crippen LogP contribution in [0.5, 0.6) is 0 Å². The summed E-state index contributed by atoms with van der Waals surface area (Å²) in [7, 11) is 0. The van der Waals surface area contributed by atoms with Crippen molar-refractivity contribution >= 4 is 12.8 Å². The second-order valence-electron chi connectivity index (χ2n) is 2.23. The van der Waals surface area contributed by atoms with Crippen LogP contribution in [0.1, 0.15) is 33.1 Å². The van der Waals surface area contributed by atoms with Crippen LogP contribution in [0.25, 0.3) is 0 Å². The molecule has 9 heavy (non-hydrogen) atoms. The summed E-state index contributed by atoms with van der Waals surface area (Å²) in [5.74, 6) is 0. The molecule has 1 nitrogen and oxygen atoms in total. The Kier molecular flexibility index (Phi) is 6.65. The Balaban J connectivity index is 2.88. The van der Waals surface area contributed by atoms with Gasteiger partial charge >= 0.3 is 0 Å². The van der Waals surface area contributed by atoms with Gasteiger partial charge in [0.05, 0.1) is 0 Å². The minimum Gasteiger partial charge on any atom is -0.240 e. The van der Waals surface area contributed by atoms with E-state index in [9.17, 15) is 0 Å². The van der Waals surface area contributed by atoms with E-state index in [4.69, 9.17) is 12.8 Å². The highest BCUT2D eigenvalue weighted by Crippen LogP contribution is 1.99. The molecule has 0 amide bonds. The van der Waals surface area contributed by atoms with Crippen molar-refractivity contribution in [3.63, 3.8) is 0 Å². The predicted octanol–water partition coefficient (Wildman–Crippen LogP) is 2.61. The molecule has 0 unspecified atom stereocenters. The second kappa shape index (κ2) is 6.43. The fourth-order valence-electron chi connectivity index (χ4n) is 0.696. The summed E-state index contributed by atoms with van der Waals surface area (Å²) in [6, 6.07) is 0. The monoisotopic (exact) mass is 146 g/mol. The first kappa shape index (κ1) is 9.31. The van der Waals surface area contributed by atoms with Crippen molar-refractivity contribution < 1.29 is 0 Å². The van der Waals surface area contributed by atoms with Crippen LogP contribution in [0.2, 0.25) is 0 Å². The SMILES string of the molecule is CCCCCN([S])CC.